The molecule has 17 heavy (non-hydrogen) atoms. The van der Waals surface area contributed by atoms with Crippen LogP contribution in [0.3, 0.4) is 0 Å². The van der Waals surface area contributed by atoms with Crippen LogP contribution in [0.2, 0.25) is 0 Å². The average Bonchev–Trinajstić information content (AvgIpc) is 2.13. The zero-order chi connectivity index (χ0) is 12.6. The molecule has 0 aromatic heterocycles. The number of aryl methyl sites for hydroxylation is 1. The van der Waals surface area contributed by atoms with Crippen LogP contribution in [-0.4, -0.2) is 24.2 Å². The summed E-state index contributed by atoms with van der Waals surface area (Å²) < 4.78 is 0. The third-order valence-corrected chi connectivity index (χ3v) is 3.66. The highest BCUT2D eigenvalue weighted by molar-refractivity contribution is 5.96. The van der Waals surface area contributed by atoms with Gasteiger partial charge in [0.25, 0.3) is 0 Å². The van der Waals surface area contributed by atoms with Crippen LogP contribution in [0.4, 0.5) is 5.69 Å². The Morgan fingerprint density at radius 2 is 2.06 bits per heavy atom. The van der Waals surface area contributed by atoms with Crippen LogP contribution in [0, 0.1) is 18.8 Å². The fraction of sp³-hybridized carbons (Fsp3) is 0.500. The first-order valence-corrected chi connectivity index (χ1v) is 6.08. The summed E-state index contributed by atoms with van der Waals surface area (Å²) in [6.07, 6.45) is 0. The lowest BCUT2D eigenvalue weighted by Gasteiger charge is -2.44. The molecule has 92 valence electrons. The molecule has 0 atom stereocenters. The zero-order valence-corrected chi connectivity index (χ0v) is 10.6. The molecule has 0 bridgehead atoms. The van der Waals surface area contributed by atoms with E-state index in [1.165, 1.54) is 0 Å². The fourth-order valence-corrected chi connectivity index (χ4v) is 2.33. The van der Waals surface area contributed by atoms with Crippen LogP contribution >= 0.6 is 0 Å². The highest BCUT2D eigenvalue weighted by Crippen LogP contribution is 2.32. The van der Waals surface area contributed by atoms with Gasteiger partial charge >= 0.3 is 5.97 Å². The lowest BCUT2D eigenvalue weighted by molar-refractivity contribution is 0.0696. The molecule has 0 spiro atoms. The van der Waals surface area contributed by atoms with Gasteiger partial charge in [0.2, 0.25) is 0 Å². The Morgan fingerprint density at radius 3 is 2.59 bits per heavy atom. The lowest BCUT2D eigenvalue weighted by Crippen LogP contribution is -2.49. The molecule has 1 aromatic carbocycles. The molecule has 1 N–H and O–H groups in total. The fourth-order valence-electron chi connectivity index (χ4n) is 2.33. The standard InChI is InChI=1S/C14H19NO2/c1-9(2)11-7-15(8-11)12-6-4-5-10(3)13(12)14(16)17/h4-6,9,11H,7-8H2,1-3H3,(H,16,17). The van der Waals surface area contributed by atoms with Crippen molar-refractivity contribution in [2.24, 2.45) is 11.8 Å². The molecule has 2 rings (SSSR count). The van der Waals surface area contributed by atoms with Crippen LogP contribution in [0.15, 0.2) is 18.2 Å². The number of carbonyl (C=O) groups is 1. The van der Waals surface area contributed by atoms with Gasteiger partial charge in [-0.1, -0.05) is 26.0 Å². The van der Waals surface area contributed by atoms with Gasteiger partial charge < -0.3 is 10.0 Å². The van der Waals surface area contributed by atoms with Crippen molar-refractivity contribution < 1.29 is 9.90 Å². The van der Waals surface area contributed by atoms with E-state index in [2.05, 4.69) is 18.7 Å². The highest BCUT2D eigenvalue weighted by Gasteiger charge is 2.31. The summed E-state index contributed by atoms with van der Waals surface area (Å²) in [7, 11) is 0. The Kier molecular flexibility index (Phi) is 3.09. The smallest absolute Gasteiger partial charge is 0.338 e. The van der Waals surface area contributed by atoms with E-state index in [4.69, 9.17) is 0 Å². The first-order valence-electron chi connectivity index (χ1n) is 6.08. The van der Waals surface area contributed by atoms with Crippen molar-refractivity contribution >= 4 is 11.7 Å². The van der Waals surface area contributed by atoms with E-state index in [1.807, 2.05) is 25.1 Å². The van der Waals surface area contributed by atoms with Crippen molar-refractivity contribution in [3.8, 4) is 0 Å². The minimum absolute atomic E-state index is 0.453. The number of nitrogens with zero attached hydrogens (tertiary/aromatic N) is 1. The largest absolute Gasteiger partial charge is 0.478 e. The van der Waals surface area contributed by atoms with Gasteiger partial charge in [0, 0.05) is 13.1 Å². The van der Waals surface area contributed by atoms with Gasteiger partial charge in [0.05, 0.1) is 11.3 Å². The van der Waals surface area contributed by atoms with Crippen LogP contribution < -0.4 is 4.90 Å². The summed E-state index contributed by atoms with van der Waals surface area (Å²) in [6, 6.07) is 5.69. The molecule has 1 aliphatic heterocycles. The number of carboxylic acid groups (broad SMARTS) is 1. The van der Waals surface area contributed by atoms with Crippen molar-refractivity contribution in [2.45, 2.75) is 20.8 Å². The number of rotatable bonds is 3. The highest BCUT2D eigenvalue weighted by atomic mass is 16.4. The van der Waals surface area contributed by atoms with Crippen LogP contribution in [0.25, 0.3) is 0 Å². The topological polar surface area (TPSA) is 40.5 Å². The summed E-state index contributed by atoms with van der Waals surface area (Å²) in [6.45, 7) is 8.24. The van der Waals surface area contributed by atoms with Crippen LogP contribution in [-0.2, 0) is 0 Å². The van der Waals surface area contributed by atoms with Crippen molar-refractivity contribution in [3.05, 3.63) is 29.3 Å². The van der Waals surface area contributed by atoms with Gasteiger partial charge in [-0.3, -0.25) is 0 Å². The number of anilines is 1. The number of benzene rings is 1. The molecule has 3 heteroatoms. The third kappa shape index (κ3) is 2.14. The summed E-state index contributed by atoms with van der Waals surface area (Å²) in [5.74, 6) is 0.535. The second-order valence-corrected chi connectivity index (χ2v) is 5.18. The zero-order valence-electron chi connectivity index (χ0n) is 10.6. The van der Waals surface area contributed by atoms with Gasteiger partial charge in [0.1, 0.15) is 0 Å². The first-order chi connectivity index (χ1) is 8.00. The minimum atomic E-state index is -0.828. The normalized spacial score (nSPS) is 16.1. The molecule has 0 aliphatic carbocycles. The van der Waals surface area contributed by atoms with Crippen molar-refractivity contribution in [1.82, 2.24) is 0 Å². The Morgan fingerprint density at radius 1 is 1.41 bits per heavy atom. The molecule has 0 unspecified atom stereocenters. The van der Waals surface area contributed by atoms with E-state index in [0.29, 0.717) is 17.4 Å². The molecule has 0 amide bonds. The maximum atomic E-state index is 11.3. The predicted molar refractivity (Wildman–Crippen MR) is 68.7 cm³/mol. The quantitative estimate of drug-likeness (QED) is 0.872. The summed E-state index contributed by atoms with van der Waals surface area (Å²) in [4.78, 5) is 13.4. The Balaban J connectivity index is 2.23. The van der Waals surface area contributed by atoms with E-state index in [-0.39, 0.29) is 0 Å². The monoisotopic (exact) mass is 233 g/mol. The van der Waals surface area contributed by atoms with E-state index in [1.54, 1.807) is 0 Å². The van der Waals surface area contributed by atoms with Crippen molar-refractivity contribution in [1.29, 1.82) is 0 Å². The number of hydrogen-bond donors (Lipinski definition) is 1. The van der Waals surface area contributed by atoms with Crippen LogP contribution in [0.1, 0.15) is 29.8 Å². The molecule has 1 saturated heterocycles. The van der Waals surface area contributed by atoms with Gasteiger partial charge in [0.15, 0.2) is 0 Å². The molecule has 1 aromatic rings. The van der Waals surface area contributed by atoms with Crippen LogP contribution in [0.5, 0.6) is 0 Å². The maximum Gasteiger partial charge on any atom is 0.338 e. The average molecular weight is 233 g/mol. The molecular formula is C14H19NO2. The molecule has 1 fully saturated rings. The van der Waals surface area contributed by atoms with E-state index in [0.717, 1.165) is 24.3 Å². The molecule has 0 saturated carbocycles. The molecule has 0 radical (unpaired) electrons. The molecule has 1 aliphatic rings. The van der Waals surface area contributed by atoms with Gasteiger partial charge in [-0.25, -0.2) is 4.79 Å². The van der Waals surface area contributed by atoms with Crippen molar-refractivity contribution in [2.75, 3.05) is 18.0 Å². The van der Waals surface area contributed by atoms with E-state index >= 15 is 0 Å². The Bertz CT molecular complexity index is 434. The SMILES string of the molecule is Cc1cccc(N2CC(C(C)C)C2)c1C(=O)O. The van der Waals surface area contributed by atoms with Gasteiger partial charge in [-0.2, -0.15) is 0 Å². The maximum absolute atomic E-state index is 11.3. The lowest BCUT2D eigenvalue weighted by atomic mass is 9.87. The molecular weight excluding hydrogens is 214 g/mol. The second-order valence-electron chi connectivity index (χ2n) is 5.18. The third-order valence-electron chi connectivity index (χ3n) is 3.66. The number of aromatic carboxylic acids is 1. The first kappa shape index (κ1) is 12.0. The second kappa shape index (κ2) is 4.40. The summed E-state index contributed by atoms with van der Waals surface area (Å²) >= 11 is 0. The molecule has 3 nitrogen and oxygen atoms in total. The molecule has 1 heterocycles. The Labute approximate surface area is 102 Å². The summed E-state index contributed by atoms with van der Waals surface area (Å²) in [5.41, 5.74) is 2.16. The van der Waals surface area contributed by atoms with Gasteiger partial charge in [-0.15, -0.1) is 0 Å². The number of carboxylic acids is 1. The van der Waals surface area contributed by atoms with E-state index in [9.17, 15) is 9.90 Å². The number of hydrogen-bond acceptors (Lipinski definition) is 2. The minimum Gasteiger partial charge on any atom is -0.478 e. The summed E-state index contributed by atoms with van der Waals surface area (Å²) in [5, 5.41) is 9.26. The Hall–Kier alpha value is -1.51. The van der Waals surface area contributed by atoms with E-state index < -0.39 is 5.97 Å². The van der Waals surface area contributed by atoms with Crippen molar-refractivity contribution in [3.63, 3.8) is 0 Å². The predicted octanol–water partition coefficient (Wildman–Crippen LogP) is 2.79. The van der Waals surface area contributed by atoms with Gasteiger partial charge in [-0.05, 0) is 30.4 Å².